The zero-order chi connectivity index (χ0) is 14.7. The Bertz CT molecular complexity index is 621. The molecule has 1 atom stereocenters. The summed E-state index contributed by atoms with van der Waals surface area (Å²) in [7, 11) is 1.41. The van der Waals surface area contributed by atoms with Crippen LogP contribution in [0.1, 0.15) is 34.6 Å². The smallest absolute Gasteiger partial charge is 0.255 e. The molecule has 0 saturated carbocycles. The average Bonchev–Trinajstić information content (AvgIpc) is 2.84. The third kappa shape index (κ3) is 2.82. The Morgan fingerprint density at radius 2 is 2.15 bits per heavy atom. The van der Waals surface area contributed by atoms with Gasteiger partial charge in [-0.15, -0.1) is 0 Å². The molecule has 1 amide bonds. The molecule has 0 spiro atoms. The molecule has 1 aromatic carbocycles. The Hall–Kier alpha value is -2.30. The predicted molar refractivity (Wildman–Crippen MR) is 72.3 cm³/mol. The van der Waals surface area contributed by atoms with Crippen LogP contribution in [0.25, 0.3) is 0 Å². The molecular formula is C15H16FNO3. The summed E-state index contributed by atoms with van der Waals surface area (Å²) < 4.78 is 23.6. The second-order valence-corrected chi connectivity index (χ2v) is 4.48. The molecule has 0 fully saturated rings. The molecule has 2 aromatic rings. The quantitative estimate of drug-likeness (QED) is 0.933. The second kappa shape index (κ2) is 5.77. The van der Waals surface area contributed by atoms with Gasteiger partial charge in [0, 0.05) is 0 Å². The lowest BCUT2D eigenvalue weighted by atomic mass is 10.1. The van der Waals surface area contributed by atoms with Crippen LogP contribution in [0.2, 0.25) is 0 Å². The first-order valence-electron chi connectivity index (χ1n) is 6.21. The van der Waals surface area contributed by atoms with Gasteiger partial charge in [-0.05, 0) is 37.6 Å². The minimum atomic E-state index is -0.453. The van der Waals surface area contributed by atoms with E-state index in [1.807, 2.05) is 0 Å². The Morgan fingerprint density at radius 1 is 1.40 bits per heavy atom. The zero-order valence-corrected chi connectivity index (χ0v) is 11.6. The van der Waals surface area contributed by atoms with Crippen LogP contribution in [0, 0.1) is 12.7 Å². The maximum absolute atomic E-state index is 13.6. The Labute approximate surface area is 116 Å². The number of ether oxygens (including phenoxy) is 1. The standard InChI is InChI=1S/C15H16FNO3/c1-9(11-4-5-14(19-3)13(16)8-11)17-15(18)12-6-7-20-10(12)2/h4-9H,1-3H3,(H,17,18). The summed E-state index contributed by atoms with van der Waals surface area (Å²) >= 11 is 0. The molecule has 0 radical (unpaired) electrons. The van der Waals surface area contributed by atoms with E-state index in [1.165, 1.54) is 25.5 Å². The molecule has 1 aromatic heterocycles. The van der Waals surface area contributed by atoms with Crippen molar-refractivity contribution in [2.45, 2.75) is 19.9 Å². The van der Waals surface area contributed by atoms with E-state index in [2.05, 4.69) is 5.32 Å². The lowest BCUT2D eigenvalue weighted by molar-refractivity contribution is 0.0938. The van der Waals surface area contributed by atoms with Crippen LogP contribution in [0.5, 0.6) is 5.75 Å². The predicted octanol–water partition coefficient (Wildman–Crippen LogP) is 3.23. The Balaban J connectivity index is 2.12. The third-order valence-corrected chi connectivity index (χ3v) is 3.13. The van der Waals surface area contributed by atoms with Gasteiger partial charge in [-0.25, -0.2) is 4.39 Å². The highest BCUT2D eigenvalue weighted by atomic mass is 19.1. The van der Waals surface area contributed by atoms with Crippen LogP contribution in [0.4, 0.5) is 4.39 Å². The first-order chi connectivity index (χ1) is 9.52. The molecule has 0 aliphatic rings. The molecule has 20 heavy (non-hydrogen) atoms. The minimum Gasteiger partial charge on any atom is -0.494 e. The van der Waals surface area contributed by atoms with Crippen LogP contribution >= 0.6 is 0 Å². The van der Waals surface area contributed by atoms with E-state index in [9.17, 15) is 9.18 Å². The van der Waals surface area contributed by atoms with Crippen LogP contribution in [0.15, 0.2) is 34.9 Å². The van der Waals surface area contributed by atoms with Gasteiger partial charge in [0.15, 0.2) is 11.6 Å². The molecule has 2 rings (SSSR count). The van der Waals surface area contributed by atoms with Crippen molar-refractivity contribution >= 4 is 5.91 Å². The van der Waals surface area contributed by atoms with Gasteiger partial charge < -0.3 is 14.5 Å². The molecule has 4 nitrogen and oxygen atoms in total. The lowest BCUT2D eigenvalue weighted by Crippen LogP contribution is -2.26. The summed E-state index contributed by atoms with van der Waals surface area (Å²) in [5, 5.41) is 2.80. The highest BCUT2D eigenvalue weighted by Crippen LogP contribution is 2.22. The molecule has 0 bridgehead atoms. The summed E-state index contributed by atoms with van der Waals surface area (Å²) in [5.74, 6) is 0.0270. The number of carbonyl (C=O) groups is 1. The molecule has 0 saturated heterocycles. The first kappa shape index (κ1) is 14.1. The van der Waals surface area contributed by atoms with Crippen molar-refractivity contribution in [2.75, 3.05) is 7.11 Å². The highest BCUT2D eigenvalue weighted by molar-refractivity contribution is 5.95. The van der Waals surface area contributed by atoms with E-state index < -0.39 is 5.82 Å². The lowest BCUT2D eigenvalue weighted by Gasteiger charge is -2.15. The summed E-state index contributed by atoms with van der Waals surface area (Å²) in [6.07, 6.45) is 1.46. The fourth-order valence-electron chi connectivity index (χ4n) is 1.93. The van der Waals surface area contributed by atoms with Crippen LogP contribution in [-0.4, -0.2) is 13.0 Å². The fraction of sp³-hybridized carbons (Fsp3) is 0.267. The van der Waals surface area contributed by atoms with Crippen molar-refractivity contribution in [3.63, 3.8) is 0 Å². The van der Waals surface area contributed by atoms with Gasteiger partial charge in [-0.3, -0.25) is 4.79 Å². The molecule has 0 aliphatic heterocycles. The number of aryl methyl sites for hydroxylation is 1. The van der Waals surface area contributed by atoms with Crippen molar-refractivity contribution in [3.05, 3.63) is 53.2 Å². The van der Waals surface area contributed by atoms with Crippen molar-refractivity contribution in [2.24, 2.45) is 0 Å². The zero-order valence-electron chi connectivity index (χ0n) is 11.6. The van der Waals surface area contributed by atoms with Gasteiger partial charge in [0.2, 0.25) is 0 Å². The number of halogens is 1. The fourth-order valence-corrected chi connectivity index (χ4v) is 1.93. The van der Waals surface area contributed by atoms with Crippen molar-refractivity contribution in [1.82, 2.24) is 5.32 Å². The normalized spacial score (nSPS) is 12.0. The van der Waals surface area contributed by atoms with Gasteiger partial charge in [0.05, 0.1) is 25.0 Å². The number of benzene rings is 1. The Morgan fingerprint density at radius 3 is 2.70 bits per heavy atom. The van der Waals surface area contributed by atoms with E-state index in [1.54, 1.807) is 26.0 Å². The van der Waals surface area contributed by atoms with Crippen molar-refractivity contribution in [1.29, 1.82) is 0 Å². The average molecular weight is 277 g/mol. The van der Waals surface area contributed by atoms with Crippen molar-refractivity contribution < 1.29 is 18.3 Å². The SMILES string of the molecule is COc1ccc(C(C)NC(=O)c2ccoc2C)cc1F. The van der Waals surface area contributed by atoms with E-state index >= 15 is 0 Å². The van der Waals surface area contributed by atoms with E-state index in [0.29, 0.717) is 16.9 Å². The molecule has 5 heteroatoms. The summed E-state index contributed by atoms with van der Waals surface area (Å²) in [4.78, 5) is 12.0. The number of hydrogen-bond donors (Lipinski definition) is 1. The van der Waals surface area contributed by atoms with Gasteiger partial charge in [0.25, 0.3) is 5.91 Å². The number of hydrogen-bond acceptors (Lipinski definition) is 3. The van der Waals surface area contributed by atoms with Crippen LogP contribution in [0.3, 0.4) is 0 Å². The van der Waals surface area contributed by atoms with Gasteiger partial charge in [-0.1, -0.05) is 6.07 Å². The molecule has 0 aliphatic carbocycles. The van der Waals surface area contributed by atoms with Crippen LogP contribution in [-0.2, 0) is 0 Å². The van der Waals surface area contributed by atoms with E-state index in [0.717, 1.165) is 0 Å². The minimum absolute atomic E-state index is 0.179. The summed E-state index contributed by atoms with van der Waals surface area (Å²) in [5.41, 5.74) is 1.14. The third-order valence-electron chi connectivity index (χ3n) is 3.13. The number of rotatable bonds is 4. The van der Waals surface area contributed by atoms with Crippen molar-refractivity contribution in [3.8, 4) is 5.75 Å². The Kier molecular flexibility index (Phi) is 4.08. The van der Waals surface area contributed by atoms with E-state index in [-0.39, 0.29) is 17.7 Å². The number of amides is 1. The van der Waals surface area contributed by atoms with Gasteiger partial charge >= 0.3 is 0 Å². The van der Waals surface area contributed by atoms with Crippen LogP contribution < -0.4 is 10.1 Å². The van der Waals surface area contributed by atoms with E-state index in [4.69, 9.17) is 9.15 Å². The molecule has 1 unspecified atom stereocenters. The summed E-state index contributed by atoms with van der Waals surface area (Å²) in [6.45, 7) is 3.50. The largest absolute Gasteiger partial charge is 0.494 e. The number of furan rings is 1. The topological polar surface area (TPSA) is 51.5 Å². The maximum atomic E-state index is 13.6. The second-order valence-electron chi connectivity index (χ2n) is 4.48. The molecule has 1 N–H and O–H groups in total. The summed E-state index contributed by atoms with van der Waals surface area (Å²) in [6, 6.07) is 5.89. The first-order valence-corrected chi connectivity index (χ1v) is 6.21. The number of nitrogens with one attached hydrogen (secondary N) is 1. The molecule has 106 valence electrons. The number of carbonyl (C=O) groups excluding carboxylic acids is 1. The molecule has 1 heterocycles. The van der Waals surface area contributed by atoms with Gasteiger partial charge in [0.1, 0.15) is 5.76 Å². The maximum Gasteiger partial charge on any atom is 0.255 e. The monoisotopic (exact) mass is 277 g/mol. The highest BCUT2D eigenvalue weighted by Gasteiger charge is 2.16. The molecular weight excluding hydrogens is 261 g/mol. The van der Waals surface area contributed by atoms with Gasteiger partial charge in [-0.2, -0.15) is 0 Å². The number of methoxy groups -OCH3 is 1.